The molecular formula is C19H19N5OS. The van der Waals surface area contributed by atoms with E-state index in [-0.39, 0.29) is 5.69 Å². The zero-order valence-electron chi connectivity index (χ0n) is 14.2. The Hall–Kier alpha value is -2.48. The summed E-state index contributed by atoms with van der Waals surface area (Å²) in [4.78, 5) is 12.3. The summed E-state index contributed by atoms with van der Waals surface area (Å²) in [7, 11) is 0. The van der Waals surface area contributed by atoms with Gasteiger partial charge in [-0.05, 0) is 58.6 Å². The molecule has 26 heavy (non-hydrogen) atoms. The van der Waals surface area contributed by atoms with E-state index in [0.717, 1.165) is 48.1 Å². The molecule has 0 saturated carbocycles. The second-order valence-corrected chi connectivity index (χ2v) is 7.49. The molecule has 0 aliphatic carbocycles. The zero-order valence-corrected chi connectivity index (χ0v) is 15.0. The molecule has 1 saturated heterocycles. The van der Waals surface area contributed by atoms with Crippen molar-refractivity contribution < 1.29 is 0 Å². The number of rotatable bonds is 4. The van der Waals surface area contributed by atoms with Crippen LogP contribution < -0.4 is 16.3 Å². The standard InChI is InChI=1S/C19H19N5OS/c25-19-23-22-18-8-14(9-21-15-3-5-20-10-15)16-2-1-12(7-17(16)24(18)19)13-4-6-26-11-13/h1-2,4,6-8,11,15,20-21H,3,5,9-10H2,(H,23,25). The van der Waals surface area contributed by atoms with Gasteiger partial charge < -0.3 is 10.6 Å². The highest BCUT2D eigenvalue weighted by Gasteiger charge is 2.16. The molecule has 1 aliphatic heterocycles. The van der Waals surface area contributed by atoms with Crippen molar-refractivity contribution in [3.8, 4) is 11.1 Å². The van der Waals surface area contributed by atoms with Crippen molar-refractivity contribution in [2.75, 3.05) is 13.1 Å². The molecule has 1 aromatic carbocycles. The fourth-order valence-corrected chi connectivity index (χ4v) is 4.36. The number of H-pyrrole nitrogens is 1. The van der Waals surface area contributed by atoms with Gasteiger partial charge in [0, 0.05) is 24.5 Å². The second-order valence-electron chi connectivity index (χ2n) is 6.71. The van der Waals surface area contributed by atoms with Gasteiger partial charge in [0.1, 0.15) is 0 Å². The molecule has 4 aromatic rings. The summed E-state index contributed by atoms with van der Waals surface area (Å²) < 4.78 is 1.66. The van der Waals surface area contributed by atoms with Gasteiger partial charge in [-0.2, -0.15) is 16.4 Å². The largest absolute Gasteiger partial charge is 0.348 e. The Kier molecular flexibility index (Phi) is 3.85. The van der Waals surface area contributed by atoms with Crippen LogP contribution in [-0.4, -0.2) is 33.7 Å². The van der Waals surface area contributed by atoms with Crippen molar-refractivity contribution >= 4 is 27.9 Å². The van der Waals surface area contributed by atoms with Crippen LogP contribution in [0.15, 0.2) is 45.9 Å². The fraction of sp³-hybridized carbons (Fsp3) is 0.263. The van der Waals surface area contributed by atoms with Crippen molar-refractivity contribution in [3.05, 3.63) is 57.1 Å². The first-order chi connectivity index (χ1) is 12.8. The molecule has 1 aliphatic rings. The number of thiophene rings is 1. The molecule has 1 atom stereocenters. The number of nitrogens with zero attached hydrogens (tertiary/aromatic N) is 2. The number of benzene rings is 1. The Labute approximate surface area is 153 Å². The molecular weight excluding hydrogens is 346 g/mol. The molecule has 0 bridgehead atoms. The summed E-state index contributed by atoms with van der Waals surface area (Å²) in [5.74, 6) is 0. The SMILES string of the molecule is O=c1[nH]nc2cc(CNC3CCNC3)c3ccc(-c4ccsc4)cc3n12. The van der Waals surface area contributed by atoms with Crippen LogP contribution in [-0.2, 0) is 6.54 Å². The van der Waals surface area contributed by atoms with E-state index in [2.05, 4.69) is 55.9 Å². The molecule has 0 spiro atoms. The highest BCUT2D eigenvalue weighted by Crippen LogP contribution is 2.28. The van der Waals surface area contributed by atoms with E-state index in [4.69, 9.17) is 0 Å². The monoisotopic (exact) mass is 365 g/mol. The maximum atomic E-state index is 12.3. The maximum Gasteiger partial charge on any atom is 0.348 e. The van der Waals surface area contributed by atoms with Crippen molar-refractivity contribution in [2.45, 2.75) is 19.0 Å². The quantitative estimate of drug-likeness (QED) is 0.519. The smallest absolute Gasteiger partial charge is 0.315 e. The summed E-state index contributed by atoms with van der Waals surface area (Å²) in [5.41, 5.74) is 4.79. The summed E-state index contributed by atoms with van der Waals surface area (Å²) in [6, 6.07) is 10.9. The van der Waals surface area contributed by atoms with E-state index in [1.165, 1.54) is 5.56 Å². The summed E-state index contributed by atoms with van der Waals surface area (Å²) in [5, 5.41) is 19.0. The number of aromatic nitrogens is 3. The molecule has 0 radical (unpaired) electrons. The average Bonchev–Trinajstić information content (AvgIpc) is 3.42. The third kappa shape index (κ3) is 2.65. The van der Waals surface area contributed by atoms with Crippen molar-refractivity contribution in [1.29, 1.82) is 0 Å². The van der Waals surface area contributed by atoms with Crippen LogP contribution in [0.1, 0.15) is 12.0 Å². The normalized spacial score (nSPS) is 17.5. The van der Waals surface area contributed by atoms with Crippen LogP contribution in [0.5, 0.6) is 0 Å². The number of hydrogen-bond acceptors (Lipinski definition) is 5. The summed E-state index contributed by atoms with van der Waals surface area (Å²) in [6.07, 6.45) is 1.14. The summed E-state index contributed by atoms with van der Waals surface area (Å²) >= 11 is 1.67. The van der Waals surface area contributed by atoms with Gasteiger partial charge in [0.15, 0.2) is 5.65 Å². The number of pyridine rings is 1. The molecule has 3 N–H and O–H groups in total. The minimum atomic E-state index is -0.202. The first-order valence-electron chi connectivity index (χ1n) is 8.79. The minimum absolute atomic E-state index is 0.202. The van der Waals surface area contributed by atoms with Crippen LogP contribution in [0.2, 0.25) is 0 Å². The van der Waals surface area contributed by atoms with E-state index in [0.29, 0.717) is 11.7 Å². The highest BCUT2D eigenvalue weighted by molar-refractivity contribution is 7.08. The lowest BCUT2D eigenvalue weighted by Gasteiger charge is -2.14. The Morgan fingerprint density at radius 1 is 1.27 bits per heavy atom. The van der Waals surface area contributed by atoms with E-state index in [1.807, 2.05) is 6.07 Å². The van der Waals surface area contributed by atoms with Gasteiger partial charge >= 0.3 is 5.69 Å². The molecule has 4 heterocycles. The number of fused-ring (bicyclic) bond motifs is 3. The van der Waals surface area contributed by atoms with Crippen LogP contribution in [0.3, 0.4) is 0 Å². The van der Waals surface area contributed by atoms with Gasteiger partial charge in [-0.15, -0.1) is 0 Å². The van der Waals surface area contributed by atoms with Crippen LogP contribution >= 0.6 is 11.3 Å². The third-order valence-corrected chi connectivity index (χ3v) is 5.77. The van der Waals surface area contributed by atoms with Gasteiger partial charge in [-0.3, -0.25) is 0 Å². The topological polar surface area (TPSA) is 74.2 Å². The van der Waals surface area contributed by atoms with E-state index in [1.54, 1.807) is 15.7 Å². The first kappa shape index (κ1) is 15.7. The van der Waals surface area contributed by atoms with Gasteiger partial charge in [0.2, 0.25) is 0 Å². The molecule has 5 rings (SSSR count). The maximum absolute atomic E-state index is 12.3. The van der Waals surface area contributed by atoms with Gasteiger partial charge in [-0.1, -0.05) is 12.1 Å². The molecule has 0 amide bonds. The van der Waals surface area contributed by atoms with Gasteiger partial charge in [0.05, 0.1) is 5.52 Å². The highest BCUT2D eigenvalue weighted by atomic mass is 32.1. The Morgan fingerprint density at radius 2 is 2.23 bits per heavy atom. The molecule has 3 aromatic heterocycles. The lowest BCUT2D eigenvalue weighted by Crippen LogP contribution is -2.30. The predicted molar refractivity (Wildman–Crippen MR) is 105 cm³/mol. The van der Waals surface area contributed by atoms with E-state index in [9.17, 15) is 4.79 Å². The Bertz CT molecular complexity index is 1120. The average molecular weight is 365 g/mol. The van der Waals surface area contributed by atoms with Gasteiger partial charge in [0.25, 0.3) is 0 Å². The van der Waals surface area contributed by atoms with Crippen LogP contribution in [0.4, 0.5) is 0 Å². The Morgan fingerprint density at radius 3 is 3.04 bits per heavy atom. The van der Waals surface area contributed by atoms with E-state index >= 15 is 0 Å². The third-order valence-electron chi connectivity index (χ3n) is 5.08. The van der Waals surface area contributed by atoms with Crippen molar-refractivity contribution in [1.82, 2.24) is 25.2 Å². The number of aromatic amines is 1. The first-order valence-corrected chi connectivity index (χ1v) is 9.73. The minimum Gasteiger partial charge on any atom is -0.315 e. The molecule has 6 nitrogen and oxygen atoms in total. The Balaban J connectivity index is 1.65. The fourth-order valence-electron chi connectivity index (χ4n) is 3.70. The second kappa shape index (κ2) is 6.35. The lowest BCUT2D eigenvalue weighted by atomic mass is 10.0. The van der Waals surface area contributed by atoms with Crippen molar-refractivity contribution in [2.24, 2.45) is 0 Å². The predicted octanol–water partition coefficient (Wildman–Crippen LogP) is 2.36. The summed E-state index contributed by atoms with van der Waals surface area (Å²) in [6.45, 7) is 2.83. The van der Waals surface area contributed by atoms with Gasteiger partial charge in [-0.25, -0.2) is 14.3 Å². The number of nitrogens with one attached hydrogen (secondary N) is 3. The van der Waals surface area contributed by atoms with E-state index < -0.39 is 0 Å². The molecule has 132 valence electrons. The molecule has 7 heteroatoms. The molecule has 1 fully saturated rings. The molecule has 1 unspecified atom stereocenters. The zero-order chi connectivity index (χ0) is 17.5. The number of hydrogen-bond donors (Lipinski definition) is 3. The van der Waals surface area contributed by atoms with Crippen molar-refractivity contribution in [3.63, 3.8) is 0 Å². The lowest BCUT2D eigenvalue weighted by molar-refractivity contribution is 0.549. The van der Waals surface area contributed by atoms with Crippen LogP contribution in [0.25, 0.3) is 27.7 Å². The van der Waals surface area contributed by atoms with Crippen LogP contribution in [0, 0.1) is 0 Å².